The highest BCUT2D eigenvalue weighted by atomic mass is 16.6. The quantitative estimate of drug-likeness (QED) is 0.255. The molecule has 4 atom stereocenters. The first-order valence-electron chi connectivity index (χ1n) is 15.9. The standard InChI is InChI=1S/C33H49N5O6/c1-33(2,3)44-32(41)37-29(18-26-19-38(21-35-26)22-42-20-25-13-8-5-9-14-25)31(40)36-28(17-24-11-6-4-7-12-24)30(43-23-39)27-15-10-16-34-27/h5,8-9,13-14,19,21,23-24,27-30,34H,4,6-7,10-12,15-18,20,22H2,1-3H3,(H,36,40)(H,37,41). The van der Waals surface area contributed by atoms with Crippen LogP contribution in [-0.2, 0) is 43.6 Å². The first kappa shape index (κ1) is 33.5. The van der Waals surface area contributed by atoms with Gasteiger partial charge in [-0.3, -0.25) is 9.59 Å². The zero-order valence-corrected chi connectivity index (χ0v) is 26.3. The summed E-state index contributed by atoms with van der Waals surface area (Å²) >= 11 is 0. The summed E-state index contributed by atoms with van der Waals surface area (Å²) in [6, 6.07) is 8.49. The number of imidazole rings is 1. The molecule has 2 heterocycles. The highest BCUT2D eigenvalue weighted by Crippen LogP contribution is 2.30. The lowest BCUT2D eigenvalue weighted by molar-refractivity contribution is -0.139. The van der Waals surface area contributed by atoms with Crippen molar-refractivity contribution in [3.05, 3.63) is 54.1 Å². The number of carbonyl (C=O) groups excluding carboxylic acids is 3. The molecular weight excluding hydrogens is 562 g/mol. The second-order valence-corrected chi connectivity index (χ2v) is 13.0. The molecule has 2 aromatic rings. The smallest absolute Gasteiger partial charge is 0.408 e. The Morgan fingerprint density at radius 3 is 2.55 bits per heavy atom. The lowest BCUT2D eigenvalue weighted by atomic mass is 9.82. The van der Waals surface area contributed by atoms with Crippen LogP contribution < -0.4 is 16.0 Å². The molecule has 242 valence electrons. The maximum Gasteiger partial charge on any atom is 0.408 e. The average molecular weight is 612 g/mol. The molecule has 2 amide bonds. The Balaban J connectivity index is 1.47. The van der Waals surface area contributed by atoms with E-state index in [-0.39, 0.29) is 18.4 Å². The number of ether oxygens (including phenoxy) is 3. The Bertz CT molecular complexity index is 1170. The highest BCUT2D eigenvalue weighted by Gasteiger charge is 2.37. The van der Waals surface area contributed by atoms with Crippen molar-refractivity contribution in [2.24, 2.45) is 5.92 Å². The summed E-state index contributed by atoms with van der Waals surface area (Å²) in [7, 11) is 0. The fourth-order valence-corrected chi connectivity index (χ4v) is 6.16. The highest BCUT2D eigenvalue weighted by molar-refractivity contribution is 5.86. The van der Waals surface area contributed by atoms with Crippen LogP contribution in [0.2, 0.25) is 0 Å². The Morgan fingerprint density at radius 1 is 1.09 bits per heavy atom. The summed E-state index contributed by atoms with van der Waals surface area (Å²) < 4.78 is 18.8. The van der Waals surface area contributed by atoms with E-state index in [1.165, 1.54) is 6.42 Å². The van der Waals surface area contributed by atoms with Gasteiger partial charge < -0.3 is 34.7 Å². The topological polar surface area (TPSA) is 133 Å². The van der Waals surface area contributed by atoms with Crippen LogP contribution in [0.15, 0.2) is 42.9 Å². The van der Waals surface area contributed by atoms with E-state index in [1.54, 1.807) is 31.7 Å². The van der Waals surface area contributed by atoms with E-state index >= 15 is 0 Å². The first-order chi connectivity index (χ1) is 21.2. The van der Waals surface area contributed by atoms with Crippen LogP contribution in [0, 0.1) is 5.92 Å². The molecule has 11 nitrogen and oxygen atoms in total. The summed E-state index contributed by atoms with van der Waals surface area (Å²) in [6.45, 7) is 7.39. The van der Waals surface area contributed by atoms with E-state index in [1.807, 2.05) is 36.5 Å². The van der Waals surface area contributed by atoms with E-state index in [2.05, 4.69) is 20.9 Å². The van der Waals surface area contributed by atoms with Gasteiger partial charge in [0.2, 0.25) is 5.91 Å². The first-order valence-corrected chi connectivity index (χ1v) is 15.9. The van der Waals surface area contributed by atoms with E-state index in [4.69, 9.17) is 14.2 Å². The maximum absolute atomic E-state index is 14.0. The molecule has 1 aliphatic heterocycles. The fraction of sp³-hybridized carbons (Fsp3) is 0.636. The van der Waals surface area contributed by atoms with Crippen LogP contribution in [0.1, 0.15) is 83.4 Å². The van der Waals surface area contributed by atoms with Crippen molar-refractivity contribution in [3.8, 4) is 0 Å². The maximum atomic E-state index is 14.0. The number of rotatable bonds is 15. The number of aromatic nitrogens is 2. The van der Waals surface area contributed by atoms with Crippen molar-refractivity contribution in [1.29, 1.82) is 0 Å². The number of amides is 2. The number of alkyl carbamates (subject to hydrolysis) is 1. The third-order valence-electron chi connectivity index (χ3n) is 8.20. The molecule has 0 bridgehead atoms. The Labute approximate surface area is 260 Å². The number of benzene rings is 1. The zero-order chi connectivity index (χ0) is 31.4. The van der Waals surface area contributed by atoms with Gasteiger partial charge in [-0.25, -0.2) is 9.78 Å². The molecule has 1 saturated heterocycles. The number of hydrogen-bond acceptors (Lipinski definition) is 8. The lowest BCUT2D eigenvalue weighted by Gasteiger charge is -2.35. The molecule has 1 saturated carbocycles. The van der Waals surface area contributed by atoms with Gasteiger partial charge in [0.25, 0.3) is 6.47 Å². The normalized spacial score (nSPS) is 19.5. The zero-order valence-electron chi connectivity index (χ0n) is 26.3. The predicted molar refractivity (Wildman–Crippen MR) is 165 cm³/mol. The summed E-state index contributed by atoms with van der Waals surface area (Å²) in [4.78, 5) is 42.9. The monoisotopic (exact) mass is 611 g/mol. The minimum absolute atomic E-state index is 0.0436. The van der Waals surface area contributed by atoms with Crippen LogP contribution in [0.4, 0.5) is 4.79 Å². The minimum Gasteiger partial charge on any atom is -0.461 e. The molecule has 0 radical (unpaired) electrons. The van der Waals surface area contributed by atoms with E-state index in [0.29, 0.717) is 37.8 Å². The molecule has 11 heteroatoms. The third-order valence-corrected chi connectivity index (χ3v) is 8.20. The summed E-state index contributed by atoms with van der Waals surface area (Å²) in [6.07, 6.45) is 10.7. The van der Waals surface area contributed by atoms with Gasteiger partial charge in [-0.05, 0) is 58.1 Å². The SMILES string of the molecule is CC(C)(C)OC(=O)NC(Cc1cn(COCc2ccccc2)cn1)C(=O)NC(CC1CCCCC1)C(OC=O)C1CCCN1. The van der Waals surface area contributed by atoms with Crippen molar-refractivity contribution in [2.75, 3.05) is 6.54 Å². The second-order valence-electron chi connectivity index (χ2n) is 13.0. The van der Waals surface area contributed by atoms with Crippen LogP contribution in [0.3, 0.4) is 0 Å². The second kappa shape index (κ2) is 16.6. The van der Waals surface area contributed by atoms with Gasteiger partial charge in [-0.15, -0.1) is 0 Å². The molecule has 44 heavy (non-hydrogen) atoms. The van der Waals surface area contributed by atoms with Crippen LogP contribution >= 0.6 is 0 Å². The van der Waals surface area contributed by atoms with Gasteiger partial charge in [0, 0.05) is 18.7 Å². The summed E-state index contributed by atoms with van der Waals surface area (Å²) in [5.74, 6) is 0.0566. The molecule has 0 spiro atoms. The molecule has 3 N–H and O–H groups in total. The van der Waals surface area contributed by atoms with Crippen LogP contribution in [-0.4, -0.2) is 64.4 Å². The molecular formula is C33H49N5O6. The van der Waals surface area contributed by atoms with E-state index < -0.39 is 29.9 Å². The Kier molecular flexibility index (Phi) is 12.6. The van der Waals surface area contributed by atoms with Crippen LogP contribution in [0.5, 0.6) is 0 Å². The van der Waals surface area contributed by atoms with Crippen molar-refractivity contribution < 1.29 is 28.6 Å². The van der Waals surface area contributed by atoms with Crippen LogP contribution in [0.25, 0.3) is 0 Å². The van der Waals surface area contributed by atoms with Gasteiger partial charge in [-0.1, -0.05) is 62.4 Å². The molecule has 1 aliphatic carbocycles. The Hall–Kier alpha value is -3.44. The number of nitrogens with one attached hydrogen (secondary N) is 3. The Morgan fingerprint density at radius 2 is 1.86 bits per heavy atom. The van der Waals surface area contributed by atoms with Crippen molar-refractivity contribution in [2.45, 2.75) is 122 Å². The predicted octanol–water partition coefficient (Wildman–Crippen LogP) is 4.24. The summed E-state index contributed by atoms with van der Waals surface area (Å²) in [5.41, 5.74) is 0.952. The summed E-state index contributed by atoms with van der Waals surface area (Å²) in [5, 5.41) is 9.39. The average Bonchev–Trinajstić information content (AvgIpc) is 3.68. The third kappa shape index (κ3) is 10.9. The van der Waals surface area contributed by atoms with E-state index in [0.717, 1.165) is 50.6 Å². The molecule has 2 aliphatic rings. The molecule has 1 aromatic carbocycles. The number of carbonyl (C=O) groups is 3. The van der Waals surface area contributed by atoms with Gasteiger partial charge in [0.05, 0.1) is 24.7 Å². The van der Waals surface area contributed by atoms with Gasteiger partial charge in [0.1, 0.15) is 24.5 Å². The van der Waals surface area contributed by atoms with Crippen molar-refractivity contribution >= 4 is 18.5 Å². The van der Waals surface area contributed by atoms with Gasteiger partial charge >= 0.3 is 6.09 Å². The van der Waals surface area contributed by atoms with Gasteiger partial charge in [-0.2, -0.15) is 0 Å². The van der Waals surface area contributed by atoms with Crippen molar-refractivity contribution in [3.63, 3.8) is 0 Å². The number of nitrogens with zero attached hydrogens (tertiary/aromatic N) is 2. The molecule has 2 fully saturated rings. The number of hydrogen-bond donors (Lipinski definition) is 3. The van der Waals surface area contributed by atoms with E-state index in [9.17, 15) is 14.4 Å². The minimum atomic E-state index is -0.958. The molecule has 4 unspecified atom stereocenters. The van der Waals surface area contributed by atoms with Crippen molar-refractivity contribution in [1.82, 2.24) is 25.5 Å². The molecule has 4 rings (SSSR count). The fourth-order valence-electron chi connectivity index (χ4n) is 6.16. The molecule has 1 aromatic heterocycles. The lowest BCUT2D eigenvalue weighted by Crippen LogP contribution is -2.57. The van der Waals surface area contributed by atoms with Gasteiger partial charge in [0.15, 0.2) is 0 Å². The largest absolute Gasteiger partial charge is 0.461 e.